The van der Waals surface area contributed by atoms with Crippen LogP contribution in [0.4, 0.5) is 0 Å². The highest BCUT2D eigenvalue weighted by Crippen LogP contribution is 1.97. The SMILES string of the molecule is CC(C)NCCCc1nccn1C. The molecule has 1 rings (SSSR count). The minimum Gasteiger partial charge on any atom is -0.338 e. The van der Waals surface area contributed by atoms with Gasteiger partial charge in [-0.05, 0) is 13.0 Å². The molecule has 0 saturated carbocycles. The second kappa shape index (κ2) is 5.02. The zero-order chi connectivity index (χ0) is 9.68. The van der Waals surface area contributed by atoms with Crippen LogP contribution in [-0.2, 0) is 13.5 Å². The highest BCUT2D eigenvalue weighted by Gasteiger charge is 1.98. The van der Waals surface area contributed by atoms with E-state index in [4.69, 9.17) is 0 Å². The molecule has 0 fully saturated rings. The van der Waals surface area contributed by atoms with Crippen LogP contribution in [0.25, 0.3) is 0 Å². The molecule has 13 heavy (non-hydrogen) atoms. The summed E-state index contributed by atoms with van der Waals surface area (Å²) in [5.74, 6) is 1.17. The van der Waals surface area contributed by atoms with Crippen LogP contribution in [0, 0.1) is 0 Å². The lowest BCUT2D eigenvalue weighted by atomic mass is 10.3. The molecule has 0 amide bonds. The van der Waals surface area contributed by atoms with Crippen molar-refractivity contribution in [1.29, 1.82) is 0 Å². The summed E-state index contributed by atoms with van der Waals surface area (Å²) in [4.78, 5) is 4.27. The maximum Gasteiger partial charge on any atom is 0.108 e. The van der Waals surface area contributed by atoms with Gasteiger partial charge < -0.3 is 9.88 Å². The Kier molecular flexibility index (Phi) is 3.96. The number of imidazole rings is 1. The lowest BCUT2D eigenvalue weighted by Gasteiger charge is -2.07. The second-order valence-electron chi connectivity index (χ2n) is 3.67. The molecule has 1 N–H and O–H groups in total. The van der Waals surface area contributed by atoms with Gasteiger partial charge >= 0.3 is 0 Å². The minimum atomic E-state index is 0.585. The molecule has 1 aromatic heterocycles. The van der Waals surface area contributed by atoms with Gasteiger partial charge in [0, 0.05) is 31.9 Å². The van der Waals surface area contributed by atoms with Crippen LogP contribution in [0.2, 0.25) is 0 Å². The van der Waals surface area contributed by atoms with E-state index in [1.807, 2.05) is 19.4 Å². The fraction of sp³-hybridized carbons (Fsp3) is 0.700. The Morgan fingerprint density at radius 2 is 2.31 bits per heavy atom. The molecule has 0 aromatic carbocycles. The van der Waals surface area contributed by atoms with Crippen LogP contribution in [0.1, 0.15) is 26.1 Å². The molecule has 0 atom stereocenters. The van der Waals surface area contributed by atoms with Gasteiger partial charge in [-0.15, -0.1) is 0 Å². The zero-order valence-corrected chi connectivity index (χ0v) is 8.75. The molecule has 0 aliphatic carbocycles. The lowest BCUT2D eigenvalue weighted by Crippen LogP contribution is -2.24. The fourth-order valence-electron chi connectivity index (χ4n) is 1.27. The summed E-state index contributed by atoms with van der Waals surface area (Å²) in [6, 6.07) is 0.585. The van der Waals surface area contributed by atoms with Crippen LogP contribution < -0.4 is 5.32 Å². The molecule has 1 heterocycles. The number of rotatable bonds is 5. The first-order valence-electron chi connectivity index (χ1n) is 4.89. The van der Waals surface area contributed by atoms with E-state index in [9.17, 15) is 0 Å². The summed E-state index contributed by atoms with van der Waals surface area (Å²) >= 11 is 0. The zero-order valence-electron chi connectivity index (χ0n) is 8.75. The van der Waals surface area contributed by atoms with E-state index in [0.29, 0.717) is 6.04 Å². The third kappa shape index (κ3) is 3.59. The van der Waals surface area contributed by atoms with Gasteiger partial charge in [0.05, 0.1) is 0 Å². The Hall–Kier alpha value is -0.830. The Balaban J connectivity index is 2.17. The van der Waals surface area contributed by atoms with Crippen LogP contribution in [0.15, 0.2) is 12.4 Å². The van der Waals surface area contributed by atoms with Crippen LogP contribution >= 0.6 is 0 Å². The first kappa shape index (κ1) is 10.3. The molecule has 0 spiro atoms. The van der Waals surface area contributed by atoms with Crippen molar-refractivity contribution in [3.8, 4) is 0 Å². The molecular formula is C10H19N3. The van der Waals surface area contributed by atoms with Gasteiger partial charge in [-0.3, -0.25) is 0 Å². The van der Waals surface area contributed by atoms with Gasteiger partial charge in [0.1, 0.15) is 5.82 Å². The van der Waals surface area contributed by atoms with E-state index in [1.165, 1.54) is 5.82 Å². The first-order valence-corrected chi connectivity index (χ1v) is 4.89. The summed E-state index contributed by atoms with van der Waals surface area (Å²) in [5, 5.41) is 3.39. The summed E-state index contributed by atoms with van der Waals surface area (Å²) in [6.07, 6.45) is 6.06. The molecule has 0 unspecified atom stereocenters. The fourth-order valence-corrected chi connectivity index (χ4v) is 1.27. The predicted molar refractivity (Wildman–Crippen MR) is 54.7 cm³/mol. The number of nitrogens with one attached hydrogen (secondary N) is 1. The van der Waals surface area contributed by atoms with Gasteiger partial charge in [-0.25, -0.2) is 4.98 Å². The largest absolute Gasteiger partial charge is 0.338 e. The normalized spacial score (nSPS) is 11.1. The number of hydrogen-bond donors (Lipinski definition) is 1. The van der Waals surface area contributed by atoms with Crippen molar-refractivity contribution in [1.82, 2.24) is 14.9 Å². The first-order chi connectivity index (χ1) is 6.20. The Morgan fingerprint density at radius 3 is 2.85 bits per heavy atom. The molecule has 3 heteroatoms. The molecule has 0 radical (unpaired) electrons. The summed E-state index contributed by atoms with van der Waals surface area (Å²) in [5.41, 5.74) is 0. The highest BCUT2D eigenvalue weighted by atomic mass is 15.0. The van der Waals surface area contributed by atoms with Crippen molar-refractivity contribution < 1.29 is 0 Å². The van der Waals surface area contributed by atoms with E-state index in [1.54, 1.807) is 0 Å². The smallest absolute Gasteiger partial charge is 0.108 e. The summed E-state index contributed by atoms with van der Waals surface area (Å²) < 4.78 is 2.08. The third-order valence-corrected chi connectivity index (χ3v) is 2.05. The molecule has 1 aromatic rings. The van der Waals surface area contributed by atoms with Crippen molar-refractivity contribution in [2.75, 3.05) is 6.54 Å². The maximum atomic E-state index is 4.27. The van der Waals surface area contributed by atoms with Crippen molar-refractivity contribution in [2.45, 2.75) is 32.7 Å². The molecular weight excluding hydrogens is 162 g/mol. The summed E-state index contributed by atoms with van der Waals surface area (Å²) in [6.45, 7) is 5.41. The second-order valence-corrected chi connectivity index (χ2v) is 3.67. The monoisotopic (exact) mass is 181 g/mol. The minimum absolute atomic E-state index is 0.585. The molecule has 0 bridgehead atoms. The highest BCUT2D eigenvalue weighted by molar-refractivity contribution is 4.90. The summed E-state index contributed by atoms with van der Waals surface area (Å²) in [7, 11) is 2.04. The maximum absolute atomic E-state index is 4.27. The number of aryl methyl sites for hydroxylation is 2. The van der Waals surface area contributed by atoms with Crippen molar-refractivity contribution in [2.24, 2.45) is 7.05 Å². The van der Waals surface area contributed by atoms with Crippen molar-refractivity contribution >= 4 is 0 Å². The predicted octanol–water partition coefficient (Wildman–Crippen LogP) is 1.35. The Morgan fingerprint density at radius 1 is 1.54 bits per heavy atom. The number of aromatic nitrogens is 2. The van der Waals surface area contributed by atoms with Crippen molar-refractivity contribution in [3.63, 3.8) is 0 Å². The van der Waals surface area contributed by atoms with E-state index < -0.39 is 0 Å². The molecule has 0 aliphatic rings. The topological polar surface area (TPSA) is 29.9 Å². The number of hydrogen-bond acceptors (Lipinski definition) is 2. The molecule has 0 aliphatic heterocycles. The molecule has 0 saturated heterocycles. The van der Waals surface area contributed by atoms with Gasteiger partial charge in [-0.1, -0.05) is 13.8 Å². The van der Waals surface area contributed by atoms with Gasteiger partial charge in [0.15, 0.2) is 0 Å². The molecule has 74 valence electrons. The standard InChI is InChI=1S/C10H19N3/c1-9(2)11-6-4-5-10-12-7-8-13(10)3/h7-9,11H,4-6H2,1-3H3. The van der Waals surface area contributed by atoms with Gasteiger partial charge in [-0.2, -0.15) is 0 Å². The molecule has 3 nitrogen and oxygen atoms in total. The third-order valence-electron chi connectivity index (χ3n) is 2.05. The van der Waals surface area contributed by atoms with E-state index >= 15 is 0 Å². The van der Waals surface area contributed by atoms with E-state index in [0.717, 1.165) is 19.4 Å². The Bertz CT molecular complexity index is 240. The van der Waals surface area contributed by atoms with Gasteiger partial charge in [0.25, 0.3) is 0 Å². The quantitative estimate of drug-likeness (QED) is 0.695. The van der Waals surface area contributed by atoms with E-state index in [2.05, 4.69) is 28.7 Å². The van der Waals surface area contributed by atoms with Crippen LogP contribution in [0.3, 0.4) is 0 Å². The van der Waals surface area contributed by atoms with Crippen molar-refractivity contribution in [3.05, 3.63) is 18.2 Å². The van der Waals surface area contributed by atoms with Crippen LogP contribution in [0.5, 0.6) is 0 Å². The average Bonchev–Trinajstić information content (AvgIpc) is 2.45. The lowest BCUT2D eigenvalue weighted by molar-refractivity contribution is 0.562. The average molecular weight is 181 g/mol. The number of nitrogens with zero attached hydrogens (tertiary/aromatic N) is 2. The van der Waals surface area contributed by atoms with E-state index in [-0.39, 0.29) is 0 Å². The van der Waals surface area contributed by atoms with Gasteiger partial charge in [0.2, 0.25) is 0 Å². The Labute approximate surface area is 80.2 Å². The van der Waals surface area contributed by atoms with Crippen LogP contribution in [-0.4, -0.2) is 22.1 Å².